The van der Waals surface area contributed by atoms with E-state index in [0.29, 0.717) is 5.56 Å². The van der Waals surface area contributed by atoms with Crippen LogP contribution in [0.15, 0.2) is 53.6 Å². The zero-order chi connectivity index (χ0) is 12.3. The summed E-state index contributed by atoms with van der Waals surface area (Å²) in [4.78, 5) is 11.6. The third-order valence-corrected chi connectivity index (χ3v) is 3.06. The van der Waals surface area contributed by atoms with Crippen LogP contribution >= 0.6 is 7.68 Å². The smallest absolute Gasteiger partial charge is 0.345 e. The van der Waals surface area contributed by atoms with Gasteiger partial charge in [-0.25, -0.2) is 13.9 Å². The van der Waals surface area contributed by atoms with Gasteiger partial charge in [0, 0.05) is 6.42 Å². The van der Waals surface area contributed by atoms with Crippen molar-refractivity contribution in [3.8, 4) is 0 Å². The first-order valence-electron chi connectivity index (χ1n) is 4.99. The van der Waals surface area contributed by atoms with Crippen LogP contribution in [0.2, 0.25) is 0 Å². The molecule has 0 atom stereocenters. The van der Waals surface area contributed by atoms with Gasteiger partial charge in [0.2, 0.25) is 0 Å². The fraction of sp³-hybridized carbons (Fsp3) is 0.0833. The minimum Gasteiger partial charge on any atom is -0.423 e. The number of esters is 1. The summed E-state index contributed by atoms with van der Waals surface area (Å²) in [5, 5.41) is 0.260. The van der Waals surface area contributed by atoms with Crippen LogP contribution in [0.1, 0.15) is 16.8 Å². The highest BCUT2D eigenvalue weighted by atomic mass is 31.1. The van der Waals surface area contributed by atoms with Crippen molar-refractivity contribution in [2.75, 3.05) is 0 Å². The number of rotatable bonds is 3. The van der Waals surface area contributed by atoms with E-state index in [1.165, 1.54) is 6.08 Å². The molecule has 0 spiro atoms. The summed E-state index contributed by atoms with van der Waals surface area (Å²) in [6.45, 7) is 0. The SMILES string of the molecule is O=C(OC1=CCC(P(=O)=O)=C1)c1ccccc1. The Bertz CT molecular complexity index is 559. The molecule has 0 unspecified atom stereocenters. The number of carbonyl (C=O) groups excluding carboxylic acids is 1. The second-order valence-corrected chi connectivity index (χ2v) is 4.55. The Morgan fingerprint density at radius 2 is 1.88 bits per heavy atom. The Hall–Kier alpha value is -1.93. The van der Waals surface area contributed by atoms with Gasteiger partial charge >= 0.3 is 13.6 Å². The average molecular weight is 248 g/mol. The lowest BCUT2D eigenvalue weighted by atomic mass is 10.2. The topological polar surface area (TPSA) is 60.4 Å². The Balaban J connectivity index is 2.07. The maximum Gasteiger partial charge on any atom is 0.345 e. The maximum atomic E-state index is 11.6. The molecule has 0 aromatic heterocycles. The summed E-state index contributed by atoms with van der Waals surface area (Å²) in [5.41, 5.74) is 0.432. The fourth-order valence-electron chi connectivity index (χ4n) is 1.43. The predicted molar refractivity (Wildman–Crippen MR) is 60.9 cm³/mol. The predicted octanol–water partition coefficient (Wildman–Crippen LogP) is 3.19. The van der Waals surface area contributed by atoms with Crippen LogP contribution in [0.3, 0.4) is 0 Å². The molecule has 17 heavy (non-hydrogen) atoms. The highest BCUT2D eigenvalue weighted by Gasteiger charge is 2.15. The summed E-state index contributed by atoms with van der Waals surface area (Å²) < 4.78 is 26.5. The van der Waals surface area contributed by atoms with Crippen molar-refractivity contribution in [3.63, 3.8) is 0 Å². The van der Waals surface area contributed by atoms with Gasteiger partial charge in [-0.1, -0.05) is 18.2 Å². The molecule has 0 saturated heterocycles. The Morgan fingerprint density at radius 3 is 2.47 bits per heavy atom. The third-order valence-electron chi connectivity index (χ3n) is 2.28. The van der Waals surface area contributed by atoms with Crippen molar-refractivity contribution in [3.05, 3.63) is 59.1 Å². The zero-order valence-electron chi connectivity index (χ0n) is 8.83. The van der Waals surface area contributed by atoms with E-state index in [-0.39, 0.29) is 17.5 Å². The van der Waals surface area contributed by atoms with E-state index in [1.807, 2.05) is 0 Å². The van der Waals surface area contributed by atoms with Crippen LogP contribution in [-0.2, 0) is 13.9 Å². The number of allylic oxidation sites excluding steroid dienone is 3. The highest BCUT2D eigenvalue weighted by molar-refractivity contribution is 7.36. The number of carbonyl (C=O) groups is 1. The molecule has 0 fully saturated rings. The monoisotopic (exact) mass is 248 g/mol. The first-order valence-corrected chi connectivity index (χ1v) is 6.17. The van der Waals surface area contributed by atoms with Gasteiger partial charge in [-0.2, -0.15) is 0 Å². The molecule has 0 amide bonds. The molecule has 4 nitrogen and oxygen atoms in total. The fourth-order valence-corrected chi connectivity index (χ4v) is 1.90. The van der Waals surface area contributed by atoms with Crippen molar-refractivity contribution in [2.24, 2.45) is 0 Å². The summed E-state index contributed by atoms with van der Waals surface area (Å²) in [6.07, 6.45) is 3.23. The minimum absolute atomic E-state index is 0.260. The maximum absolute atomic E-state index is 11.6. The molecule has 1 aromatic rings. The minimum atomic E-state index is -2.59. The van der Waals surface area contributed by atoms with Crippen LogP contribution in [-0.4, -0.2) is 5.97 Å². The van der Waals surface area contributed by atoms with Gasteiger partial charge in [-0.05, 0) is 24.3 Å². The van der Waals surface area contributed by atoms with Gasteiger partial charge in [0.15, 0.2) is 0 Å². The van der Waals surface area contributed by atoms with Gasteiger partial charge in [-0.3, -0.25) is 0 Å². The van der Waals surface area contributed by atoms with E-state index >= 15 is 0 Å². The van der Waals surface area contributed by atoms with E-state index in [1.54, 1.807) is 36.4 Å². The third kappa shape index (κ3) is 2.80. The molecular formula is C12H9O4P. The Morgan fingerprint density at radius 1 is 1.18 bits per heavy atom. The lowest BCUT2D eigenvalue weighted by molar-refractivity contribution is 0.0637. The van der Waals surface area contributed by atoms with Crippen LogP contribution < -0.4 is 0 Å². The molecule has 1 aromatic carbocycles. The summed E-state index contributed by atoms with van der Waals surface area (Å²) in [5.74, 6) is -0.205. The van der Waals surface area contributed by atoms with Gasteiger partial charge in [-0.15, -0.1) is 0 Å². The molecule has 0 aliphatic heterocycles. The molecule has 0 N–H and O–H groups in total. The van der Waals surface area contributed by atoms with E-state index in [4.69, 9.17) is 4.74 Å². The number of ether oxygens (including phenoxy) is 1. The number of hydrogen-bond donors (Lipinski definition) is 0. The second-order valence-electron chi connectivity index (χ2n) is 3.46. The second kappa shape index (κ2) is 4.93. The lowest BCUT2D eigenvalue weighted by Crippen LogP contribution is -2.02. The van der Waals surface area contributed by atoms with Crippen molar-refractivity contribution < 1.29 is 18.7 Å². The molecule has 1 aliphatic rings. The van der Waals surface area contributed by atoms with Crippen molar-refractivity contribution >= 4 is 13.6 Å². The first kappa shape index (κ1) is 11.6. The molecule has 0 bridgehead atoms. The van der Waals surface area contributed by atoms with Crippen LogP contribution in [0.5, 0.6) is 0 Å². The van der Waals surface area contributed by atoms with E-state index in [2.05, 4.69) is 0 Å². The summed E-state index contributed by atoms with van der Waals surface area (Å²) in [7, 11) is -2.59. The van der Waals surface area contributed by atoms with Gasteiger partial charge in [0.25, 0.3) is 0 Å². The van der Waals surface area contributed by atoms with Crippen molar-refractivity contribution in [1.29, 1.82) is 0 Å². The molecule has 0 radical (unpaired) electrons. The van der Waals surface area contributed by atoms with E-state index < -0.39 is 13.6 Å². The van der Waals surface area contributed by atoms with Crippen LogP contribution in [0.4, 0.5) is 0 Å². The summed E-state index contributed by atoms with van der Waals surface area (Å²) in [6, 6.07) is 8.53. The lowest BCUT2D eigenvalue weighted by Gasteiger charge is -2.02. The molecule has 86 valence electrons. The highest BCUT2D eigenvalue weighted by Crippen LogP contribution is 2.31. The van der Waals surface area contributed by atoms with Gasteiger partial charge < -0.3 is 4.74 Å². The Kier molecular flexibility index (Phi) is 3.35. The molecule has 5 heteroatoms. The zero-order valence-corrected chi connectivity index (χ0v) is 9.72. The Labute approximate surface area is 98.4 Å². The number of benzene rings is 1. The van der Waals surface area contributed by atoms with E-state index in [9.17, 15) is 13.9 Å². The normalized spacial score (nSPS) is 13.9. The molecule has 2 rings (SSSR count). The van der Waals surface area contributed by atoms with Crippen LogP contribution in [0.25, 0.3) is 0 Å². The number of hydrogen-bond acceptors (Lipinski definition) is 4. The van der Waals surface area contributed by atoms with Gasteiger partial charge in [0.05, 0.1) is 10.9 Å². The van der Waals surface area contributed by atoms with Crippen LogP contribution in [0, 0.1) is 0 Å². The molecule has 1 aliphatic carbocycles. The standard InChI is InChI=1S/C12H9O4P/c13-12(9-4-2-1-3-5-9)16-10-6-7-11(8-10)17(14)15/h1-6,8H,7H2. The first-order chi connectivity index (χ1) is 8.16. The largest absolute Gasteiger partial charge is 0.423 e. The van der Waals surface area contributed by atoms with Crippen molar-refractivity contribution in [1.82, 2.24) is 0 Å². The van der Waals surface area contributed by atoms with Crippen molar-refractivity contribution in [2.45, 2.75) is 6.42 Å². The van der Waals surface area contributed by atoms with Gasteiger partial charge in [0.1, 0.15) is 5.76 Å². The average Bonchev–Trinajstić information content (AvgIpc) is 2.79. The summed E-state index contributed by atoms with van der Waals surface area (Å²) >= 11 is 0. The molecule has 0 heterocycles. The quantitative estimate of drug-likeness (QED) is 0.608. The molecule has 0 saturated carbocycles. The van der Waals surface area contributed by atoms with E-state index in [0.717, 1.165) is 0 Å². The molecular weight excluding hydrogens is 239 g/mol.